The number of anilines is 1. The Bertz CT molecular complexity index is 987. The van der Waals surface area contributed by atoms with Crippen molar-refractivity contribution in [1.29, 1.82) is 0 Å². The Labute approximate surface area is 181 Å². The largest absolute Gasteiger partial charge is 0.369 e. The van der Waals surface area contributed by atoms with Gasteiger partial charge in [0.25, 0.3) is 0 Å². The normalized spacial score (nSPS) is 18.9. The van der Waals surface area contributed by atoms with Gasteiger partial charge in [0, 0.05) is 23.1 Å². The number of nitrogens with zero attached hydrogens (tertiary/aromatic N) is 2. The summed E-state index contributed by atoms with van der Waals surface area (Å²) >= 11 is 3.49. The minimum atomic E-state index is -0.104. The third kappa shape index (κ3) is 4.60. The molecule has 0 amide bonds. The predicted molar refractivity (Wildman–Crippen MR) is 124 cm³/mol. The molecule has 2 aromatic heterocycles. The van der Waals surface area contributed by atoms with E-state index in [-0.39, 0.29) is 5.60 Å². The number of ether oxygens (including phenoxy) is 1. The molecule has 1 aliphatic rings. The molecule has 29 heavy (non-hydrogen) atoms. The number of thioether (sulfide) groups is 1. The first-order valence-electron chi connectivity index (χ1n) is 10.4. The molecule has 0 bridgehead atoms. The van der Waals surface area contributed by atoms with Gasteiger partial charge in [-0.2, -0.15) is 0 Å². The van der Waals surface area contributed by atoms with Crippen LogP contribution in [-0.4, -0.2) is 27.4 Å². The maximum absolute atomic E-state index is 6.18. The van der Waals surface area contributed by atoms with Crippen molar-refractivity contribution in [3.63, 3.8) is 0 Å². The van der Waals surface area contributed by atoms with E-state index in [2.05, 4.69) is 63.3 Å². The first kappa shape index (κ1) is 20.6. The molecule has 0 radical (unpaired) electrons. The molecule has 0 saturated carbocycles. The van der Waals surface area contributed by atoms with Gasteiger partial charge >= 0.3 is 0 Å². The molecular weight excluding hydrogens is 398 g/mol. The molecule has 0 aliphatic carbocycles. The van der Waals surface area contributed by atoms with E-state index in [1.54, 1.807) is 23.1 Å². The number of thiophene rings is 1. The van der Waals surface area contributed by atoms with Crippen molar-refractivity contribution >= 4 is 39.1 Å². The van der Waals surface area contributed by atoms with Gasteiger partial charge in [-0.1, -0.05) is 62.9 Å². The van der Waals surface area contributed by atoms with Crippen LogP contribution in [0.25, 0.3) is 10.2 Å². The van der Waals surface area contributed by atoms with E-state index in [0.717, 1.165) is 41.6 Å². The zero-order valence-corrected chi connectivity index (χ0v) is 19.3. The number of hydrogen-bond donors (Lipinski definition) is 1. The van der Waals surface area contributed by atoms with Crippen LogP contribution in [0.3, 0.4) is 0 Å². The number of fused-ring (bicyclic) bond motifs is 3. The summed E-state index contributed by atoms with van der Waals surface area (Å²) in [5, 5.41) is 6.14. The zero-order valence-electron chi connectivity index (χ0n) is 17.6. The molecular formula is C23H29N3OS2. The van der Waals surface area contributed by atoms with E-state index < -0.39 is 0 Å². The zero-order chi connectivity index (χ0) is 20.4. The second-order valence-corrected chi connectivity index (χ2v) is 10.8. The standard InChI is InChI=1S/C23H29N3OS2/c1-5-23(4)13-17-18(14-27-23)29-21-19(17)20(25-22(26-21)28-15(2)3)24-12-11-16-9-7-6-8-10-16/h6-10,15H,5,11-14H2,1-4H3,(H,24,25,26)/t23-/m0/s1. The lowest BCUT2D eigenvalue weighted by Crippen LogP contribution is -2.34. The van der Waals surface area contributed by atoms with Gasteiger partial charge in [-0.25, -0.2) is 9.97 Å². The van der Waals surface area contributed by atoms with Crippen molar-refractivity contribution in [3.8, 4) is 0 Å². The van der Waals surface area contributed by atoms with E-state index in [0.29, 0.717) is 11.9 Å². The number of rotatable bonds is 7. The summed E-state index contributed by atoms with van der Waals surface area (Å²) in [6.07, 6.45) is 2.90. The van der Waals surface area contributed by atoms with Gasteiger partial charge in [-0.3, -0.25) is 0 Å². The highest BCUT2D eigenvalue weighted by Gasteiger charge is 2.33. The fourth-order valence-corrected chi connectivity index (χ4v) is 5.51. The summed E-state index contributed by atoms with van der Waals surface area (Å²) in [6.45, 7) is 10.3. The van der Waals surface area contributed by atoms with Crippen molar-refractivity contribution in [3.05, 3.63) is 46.3 Å². The third-order valence-corrected chi connectivity index (χ3v) is 7.42. The smallest absolute Gasteiger partial charge is 0.191 e. The summed E-state index contributed by atoms with van der Waals surface area (Å²) in [7, 11) is 0. The van der Waals surface area contributed by atoms with Gasteiger partial charge in [0.05, 0.1) is 17.6 Å². The molecule has 4 nitrogen and oxygen atoms in total. The van der Waals surface area contributed by atoms with Crippen LogP contribution in [0.2, 0.25) is 0 Å². The molecule has 0 unspecified atom stereocenters. The monoisotopic (exact) mass is 427 g/mol. The molecule has 1 N–H and O–H groups in total. The summed E-state index contributed by atoms with van der Waals surface area (Å²) in [5.41, 5.74) is 2.61. The Morgan fingerprint density at radius 1 is 1.24 bits per heavy atom. The van der Waals surface area contributed by atoms with Gasteiger partial charge < -0.3 is 10.1 Å². The second-order valence-electron chi connectivity index (χ2n) is 8.14. The Kier molecular flexibility index (Phi) is 6.13. The Morgan fingerprint density at radius 3 is 2.76 bits per heavy atom. The number of nitrogens with one attached hydrogen (secondary N) is 1. The fourth-order valence-electron chi connectivity index (χ4n) is 3.64. The number of aromatic nitrogens is 2. The molecule has 1 aliphatic heterocycles. The summed E-state index contributed by atoms with van der Waals surface area (Å²) in [6, 6.07) is 10.6. The highest BCUT2D eigenvalue weighted by Crippen LogP contribution is 2.42. The first-order chi connectivity index (χ1) is 14.0. The van der Waals surface area contributed by atoms with Crippen molar-refractivity contribution in [2.75, 3.05) is 11.9 Å². The van der Waals surface area contributed by atoms with Crippen LogP contribution in [0.15, 0.2) is 35.5 Å². The maximum atomic E-state index is 6.18. The van der Waals surface area contributed by atoms with Crippen molar-refractivity contribution in [1.82, 2.24) is 9.97 Å². The van der Waals surface area contributed by atoms with Crippen LogP contribution < -0.4 is 5.32 Å². The summed E-state index contributed by atoms with van der Waals surface area (Å²) < 4.78 is 6.18. The number of benzene rings is 1. The van der Waals surface area contributed by atoms with E-state index in [9.17, 15) is 0 Å². The summed E-state index contributed by atoms with van der Waals surface area (Å²) in [4.78, 5) is 12.2. The Morgan fingerprint density at radius 2 is 2.03 bits per heavy atom. The molecule has 154 valence electrons. The van der Waals surface area contributed by atoms with Crippen LogP contribution in [-0.2, 0) is 24.2 Å². The molecule has 3 aromatic rings. The first-order valence-corrected chi connectivity index (χ1v) is 12.1. The molecule has 6 heteroatoms. The molecule has 0 fully saturated rings. The minimum absolute atomic E-state index is 0.104. The average molecular weight is 428 g/mol. The van der Waals surface area contributed by atoms with Crippen molar-refractivity contribution in [2.24, 2.45) is 0 Å². The quantitative estimate of drug-likeness (QED) is 0.365. The van der Waals surface area contributed by atoms with Gasteiger partial charge in [0.1, 0.15) is 10.6 Å². The molecule has 1 atom stereocenters. The molecule has 1 aromatic carbocycles. The highest BCUT2D eigenvalue weighted by atomic mass is 32.2. The van der Waals surface area contributed by atoms with Gasteiger partial charge in [-0.15, -0.1) is 11.3 Å². The topological polar surface area (TPSA) is 47.0 Å². The van der Waals surface area contributed by atoms with E-state index in [1.807, 2.05) is 0 Å². The molecule has 4 rings (SSSR count). The van der Waals surface area contributed by atoms with E-state index in [4.69, 9.17) is 14.7 Å². The predicted octanol–water partition coefficient (Wildman–Crippen LogP) is 6.09. The van der Waals surface area contributed by atoms with Gasteiger partial charge in [-0.05, 0) is 30.9 Å². The lowest BCUT2D eigenvalue weighted by molar-refractivity contribution is -0.0542. The average Bonchev–Trinajstić information content (AvgIpc) is 3.05. The highest BCUT2D eigenvalue weighted by molar-refractivity contribution is 7.99. The van der Waals surface area contributed by atoms with Crippen LogP contribution in [0, 0.1) is 0 Å². The van der Waals surface area contributed by atoms with Crippen LogP contribution in [0.5, 0.6) is 0 Å². The van der Waals surface area contributed by atoms with E-state index >= 15 is 0 Å². The Balaban J connectivity index is 1.68. The van der Waals surface area contributed by atoms with Crippen LogP contribution in [0.4, 0.5) is 5.82 Å². The molecule has 0 spiro atoms. The maximum Gasteiger partial charge on any atom is 0.191 e. The second kappa shape index (κ2) is 8.62. The Hall–Kier alpha value is -1.63. The van der Waals surface area contributed by atoms with Gasteiger partial charge in [0.15, 0.2) is 5.16 Å². The van der Waals surface area contributed by atoms with Gasteiger partial charge in [0.2, 0.25) is 0 Å². The lowest BCUT2D eigenvalue weighted by atomic mass is 9.90. The molecule has 3 heterocycles. The van der Waals surface area contributed by atoms with Crippen LogP contribution >= 0.6 is 23.1 Å². The minimum Gasteiger partial charge on any atom is -0.369 e. The third-order valence-electron chi connectivity index (χ3n) is 5.45. The molecule has 0 saturated heterocycles. The van der Waals surface area contributed by atoms with Crippen LogP contribution in [0.1, 0.15) is 50.1 Å². The lowest BCUT2D eigenvalue weighted by Gasteiger charge is -2.33. The number of hydrogen-bond acceptors (Lipinski definition) is 6. The SMILES string of the molecule is CC[C@@]1(C)Cc2c(sc3nc(SC(C)C)nc(NCCc4ccccc4)c23)CO1. The summed E-state index contributed by atoms with van der Waals surface area (Å²) in [5.74, 6) is 0.979. The fraction of sp³-hybridized carbons (Fsp3) is 0.478. The van der Waals surface area contributed by atoms with Crippen molar-refractivity contribution in [2.45, 2.75) is 69.6 Å². The van der Waals surface area contributed by atoms with E-state index in [1.165, 1.54) is 21.4 Å². The van der Waals surface area contributed by atoms with Crippen molar-refractivity contribution < 1.29 is 4.74 Å².